The molecule has 1 aromatic heterocycles. The molecule has 1 rings (SSSR count). The van der Waals surface area contributed by atoms with Gasteiger partial charge in [-0.15, -0.1) is 0 Å². The summed E-state index contributed by atoms with van der Waals surface area (Å²) < 4.78 is 5.33. The Morgan fingerprint density at radius 3 is 2.92 bits per heavy atom. The summed E-state index contributed by atoms with van der Waals surface area (Å²) in [6, 6.07) is 1.68. The minimum Gasteiger partial charge on any atom is -0.475 e. The van der Waals surface area contributed by atoms with Crippen LogP contribution in [0.5, 0.6) is 5.88 Å². The standard InChI is InChI=1S/C9H12N2O2/c1-7(2)13-9-5-8(3-4-12)10-6-11-9/h4-7H,3H2,1-2H3. The molecule has 1 heterocycles. The fraction of sp³-hybridized carbons (Fsp3) is 0.444. The molecule has 0 unspecified atom stereocenters. The Labute approximate surface area is 77.0 Å². The second kappa shape index (κ2) is 4.54. The van der Waals surface area contributed by atoms with Crippen LogP contribution in [0.4, 0.5) is 0 Å². The van der Waals surface area contributed by atoms with Crippen LogP contribution in [0.3, 0.4) is 0 Å². The fourth-order valence-electron chi connectivity index (χ4n) is 0.880. The van der Waals surface area contributed by atoms with Crippen LogP contribution in [0.2, 0.25) is 0 Å². The number of hydrogen-bond acceptors (Lipinski definition) is 4. The zero-order valence-electron chi connectivity index (χ0n) is 7.73. The first kappa shape index (κ1) is 9.64. The molecule has 1 aromatic rings. The number of rotatable bonds is 4. The highest BCUT2D eigenvalue weighted by Crippen LogP contribution is 2.08. The number of carbonyl (C=O) groups is 1. The summed E-state index contributed by atoms with van der Waals surface area (Å²) in [6.45, 7) is 3.84. The van der Waals surface area contributed by atoms with E-state index in [0.717, 1.165) is 6.29 Å². The van der Waals surface area contributed by atoms with Gasteiger partial charge in [0.05, 0.1) is 11.8 Å². The average molecular weight is 180 g/mol. The van der Waals surface area contributed by atoms with Crippen LogP contribution < -0.4 is 4.74 Å². The van der Waals surface area contributed by atoms with Crippen molar-refractivity contribution in [3.05, 3.63) is 18.1 Å². The first-order valence-electron chi connectivity index (χ1n) is 4.13. The molecule has 0 atom stereocenters. The smallest absolute Gasteiger partial charge is 0.216 e. The van der Waals surface area contributed by atoms with Gasteiger partial charge in [0.2, 0.25) is 5.88 Å². The number of ether oxygens (including phenoxy) is 1. The summed E-state index contributed by atoms with van der Waals surface area (Å²) in [6.07, 6.45) is 2.59. The monoisotopic (exact) mass is 180 g/mol. The number of carbonyl (C=O) groups excluding carboxylic acids is 1. The van der Waals surface area contributed by atoms with Crippen LogP contribution in [0.15, 0.2) is 12.4 Å². The summed E-state index contributed by atoms with van der Waals surface area (Å²) in [5.74, 6) is 0.516. The maximum atomic E-state index is 10.2. The lowest BCUT2D eigenvalue weighted by Gasteiger charge is -2.07. The topological polar surface area (TPSA) is 52.1 Å². The Morgan fingerprint density at radius 2 is 2.31 bits per heavy atom. The molecule has 4 heteroatoms. The molecule has 0 aliphatic carbocycles. The predicted octanol–water partition coefficient (Wildman–Crippen LogP) is 1.01. The van der Waals surface area contributed by atoms with Gasteiger partial charge >= 0.3 is 0 Å². The molecular formula is C9H12N2O2. The molecule has 0 bridgehead atoms. The van der Waals surface area contributed by atoms with Crippen LogP contribution in [0, 0.1) is 0 Å². The van der Waals surface area contributed by atoms with E-state index in [4.69, 9.17) is 4.74 Å². The SMILES string of the molecule is CC(C)Oc1cc(CC=O)ncn1. The summed E-state index contributed by atoms with van der Waals surface area (Å²) in [4.78, 5) is 18.0. The van der Waals surface area contributed by atoms with Gasteiger partial charge in [0.1, 0.15) is 12.6 Å². The van der Waals surface area contributed by atoms with Gasteiger partial charge in [-0.25, -0.2) is 9.97 Å². The molecule has 0 aliphatic rings. The molecule has 4 nitrogen and oxygen atoms in total. The first-order valence-corrected chi connectivity index (χ1v) is 4.13. The lowest BCUT2D eigenvalue weighted by atomic mass is 10.3. The average Bonchev–Trinajstić information content (AvgIpc) is 2.04. The minimum absolute atomic E-state index is 0.0824. The predicted molar refractivity (Wildman–Crippen MR) is 47.6 cm³/mol. The van der Waals surface area contributed by atoms with Crippen LogP contribution >= 0.6 is 0 Å². The molecule has 0 aliphatic heterocycles. The highest BCUT2D eigenvalue weighted by molar-refractivity contribution is 5.53. The molecule has 0 N–H and O–H groups in total. The van der Waals surface area contributed by atoms with Crippen molar-refractivity contribution >= 4 is 6.29 Å². The van der Waals surface area contributed by atoms with E-state index in [1.54, 1.807) is 6.07 Å². The van der Waals surface area contributed by atoms with Gasteiger partial charge in [0, 0.05) is 12.5 Å². The molecule has 0 amide bonds. The van der Waals surface area contributed by atoms with E-state index in [0.29, 0.717) is 18.0 Å². The van der Waals surface area contributed by atoms with E-state index >= 15 is 0 Å². The van der Waals surface area contributed by atoms with Crippen molar-refractivity contribution in [2.24, 2.45) is 0 Å². The lowest BCUT2D eigenvalue weighted by molar-refractivity contribution is -0.107. The van der Waals surface area contributed by atoms with Crippen LogP contribution in [-0.4, -0.2) is 22.4 Å². The largest absolute Gasteiger partial charge is 0.475 e. The summed E-state index contributed by atoms with van der Waals surface area (Å²) in [7, 11) is 0. The van der Waals surface area contributed by atoms with Crippen molar-refractivity contribution in [3.8, 4) is 5.88 Å². The second-order valence-corrected chi connectivity index (χ2v) is 2.88. The fourth-order valence-corrected chi connectivity index (χ4v) is 0.880. The van der Waals surface area contributed by atoms with Gasteiger partial charge in [-0.3, -0.25) is 0 Å². The van der Waals surface area contributed by atoms with Gasteiger partial charge in [-0.1, -0.05) is 0 Å². The molecule has 0 saturated heterocycles. The number of nitrogens with zero attached hydrogens (tertiary/aromatic N) is 2. The van der Waals surface area contributed by atoms with Gasteiger partial charge in [0.15, 0.2) is 0 Å². The summed E-state index contributed by atoms with van der Waals surface area (Å²) >= 11 is 0. The Hall–Kier alpha value is -1.45. The Balaban J connectivity index is 2.72. The van der Waals surface area contributed by atoms with E-state index in [-0.39, 0.29) is 6.10 Å². The highest BCUT2D eigenvalue weighted by Gasteiger charge is 2.00. The molecular weight excluding hydrogens is 168 g/mol. The summed E-state index contributed by atoms with van der Waals surface area (Å²) in [5.41, 5.74) is 0.681. The van der Waals surface area contributed by atoms with Crippen molar-refractivity contribution < 1.29 is 9.53 Å². The summed E-state index contributed by atoms with van der Waals surface area (Å²) in [5, 5.41) is 0. The number of hydrogen-bond donors (Lipinski definition) is 0. The van der Waals surface area contributed by atoms with E-state index in [1.165, 1.54) is 6.33 Å². The third kappa shape index (κ3) is 3.19. The molecule has 0 aromatic carbocycles. The Morgan fingerprint density at radius 1 is 1.54 bits per heavy atom. The van der Waals surface area contributed by atoms with Crippen molar-refractivity contribution in [3.63, 3.8) is 0 Å². The quantitative estimate of drug-likeness (QED) is 0.649. The Kier molecular flexibility index (Phi) is 3.37. The maximum absolute atomic E-state index is 10.2. The van der Waals surface area contributed by atoms with Crippen molar-refractivity contribution in [1.82, 2.24) is 9.97 Å². The maximum Gasteiger partial charge on any atom is 0.216 e. The molecule has 70 valence electrons. The van der Waals surface area contributed by atoms with Gasteiger partial charge in [0.25, 0.3) is 0 Å². The lowest BCUT2D eigenvalue weighted by Crippen LogP contribution is -2.07. The Bertz CT molecular complexity index is 287. The zero-order chi connectivity index (χ0) is 9.68. The van der Waals surface area contributed by atoms with Crippen molar-refractivity contribution in [1.29, 1.82) is 0 Å². The number of aldehydes is 1. The number of aromatic nitrogens is 2. The van der Waals surface area contributed by atoms with Gasteiger partial charge in [-0.05, 0) is 13.8 Å². The van der Waals surface area contributed by atoms with E-state index in [1.807, 2.05) is 13.8 Å². The van der Waals surface area contributed by atoms with Crippen LogP contribution in [0.1, 0.15) is 19.5 Å². The van der Waals surface area contributed by atoms with E-state index in [2.05, 4.69) is 9.97 Å². The van der Waals surface area contributed by atoms with Crippen molar-refractivity contribution in [2.45, 2.75) is 26.4 Å². The third-order valence-electron chi connectivity index (χ3n) is 1.35. The zero-order valence-corrected chi connectivity index (χ0v) is 7.73. The van der Waals surface area contributed by atoms with E-state index in [9.17, 15) is 4.79 Å². The van der Waals surface area contributed by atoms with Gasteiger partial charge in [-0.2, -0.15) is 0 Å². The van der Waals surface area contributed by atoms with Crippen LogP contribution in [0.25, 0.3) is 0 Å². The molecule has 0 fully saturated rings. The van der Waals surface area contributed by atoms with Crippen LogP contribution in [-0.2, 0) is 11.2 Å². The minimum atomic E-state index is 0.0824. The highest BCUT2D eigenvalue weighted by atomic mass is 16.5. The van der Waals surface area contributed by atoms with Crippen molar-refractivity contribution in [2.75, 3.05) is 0 Å². The first-order chi connectivity index (χ1) is 6.22. The normalized spacial score (nSPS) is 10.1. The van der Waals surface area contributed by atoms with Gasteiger partial charge < -0.3 is 9.53 Å². The molecule has 0 saturated carbocycles. The molecule has 0 radical (unpaired) electrons. The molecule has 0 spiro atoms. The second-order valence-electron chi connectivity index (χ2n) is 2.88. The third-order valence-corrected chi connectivity index (χ3v) is 1.35. The van der Waals surface area contributed by atoms with E-state index < -0.39 is 0 Å². The molecule has 13 heavy (non-hydrogen) atoms.